The molecule has 0 atom stereocenters. The van der Waals surface area contributed by atoms with Gasteiger partial charge in [0.05, 0.1) is 12.8 Å². The summed E-state index contributed by atoms with van der Waals surface area (Å²) in [4.78, 5) is 6.40. The Balaban J connectivity index is 1.95. The van der Waals surface area contributed by atoms with Crippen molar-refractivity contribution in [2.45, 2.75) is 13.1 Å². The summed E-state index contributed by atoms with van der Waals surface area (Å²) in [5.41, 5.74) is 3.46. The van der Waals surface area contributed by atoms with Gasteiger partial charge in [-0.15, -0.1) is 0 Å². The van der Waals surface area contributed by atoms with Crippen LogP contribution in [0.5, 0.6) is 5.75 Å². The van der Waals surface area contributed by atoms with Crippen LogP contribution in [0.2, 0.25) is 0 Å². The number of hydrogen-bond donors (Lipinski definition) is 1. The second-order valence-corrected chi connectivity index (χ2v) is 5.02. The first-order valence-corrected chi connectivity index (χ1v) is 6.63. The molecule has 1 aromatic carbocycles. The third-order valence-electron chi connectivity index (χ3n) is 2.95. The van der Waals surface area contributed by atoms with E-state index in [-0.39, 0.29) is 0 Å². The third kappa shape index (κ3) is 4.24. The zero-order valence-corrected chi connectivity index (χ0v) is 12.3. The lowest BCUT2D eigenvalue weighted by Gasteiger charge is -2.11. The summed E-state index contributed by atoms with van der Waals surface area (Å²) in [6.45, 7) is 1.67. The van der Waals surface area contributed by atoms with E-state index in [2.05, 4.69) is 47.5 Å². The molecule has 0 saturated heterocycles. The minimum atomic E-state index is 0.775. The van der Waals surface area contributed by atoms with Crippen LogP contribution in [0, 0.1) is 0 Å². The molecular formula is C16H21N3O. The van der Waals surface area contributed by atoms with Crippen molar-refractivity contribution >= 4 is 5.69 Å². The van der Waals surface area contributed by atoms with E-state index in [4.69, 9.17) is 4.74 Å². The lowest BCUT2D eigenvalue weighted by molar-refractivity contribution is 0.402. The Morgan fingerprint density at radius 3 is 2.50 bits per heavy atom. The summed E-state index contributed by atoms with van der Waals surface area (Å²) in [6, 6.07) is 10.2. The van der Waals surface area contributed by atoms with Crippen molar-refractivity contribution in [2.24, 2.45) is 0 Å². The van der Waals surface area contributed by atoms with Crippen molar-refractivity contribution in [2.75, 3.05) is 26.5 Å². The van der Waals surface area contributed by atoms with Crippen LogP contribution in [-0.4, -0.2) is 31.1 Å². The SMILES string of the molecule is COc1ccc(CNc2cncc(CN(C)C)c2)cc1. The van der Waals surface area contributed by atoms with E-state index < -0.39 is 0 Å². The molecule has 0 unspecified atom stereocenters. The molecule has 0 aliphatic carbocycles. The smallest absolute Gasteiger partial charge is 0.118 e. The highest BCUT2D eigenvalue weighted by atomic mass is 16.5. The fraction of sp³-hybridized carbons (Fsp3) is 0.312. The van der Waals surface area contributed by atoms with Crippen LogP contribution >= 0.6 is 0 Å². The van der Waals surface area contributed by atoms with Crippen LogP contribution in [0.25, 0.3) is 0 Å². The number of methoxy groups -OCH3 is 1. The average Bonchev–Trinajstić information content (AvgIpc) is 2.45. The van der Waals surface area contributed by atoms with Crippen LogP contribution < -0.4 is 10.1 Å². The predicted octanol–water partition coefficient (Wildman–Crippen LogP) is 2.76. The maximum absolute atomic E-state index is 5.15. The van der Waals surface area contributed by atoms with Crippen LogP contribution in [0.3, 0.4) is 0 Å². The summed E-state index contributed by atoms with van der Waals surface area (Å²) < 4.78 is 5.15. The first-order valence-electron chi connectivity index (χ1n) is 6.63. The second kappa shape index (κ2) is 6.91. The van der Waals surface area contributed by atoms with Gasteiger partial charge in [-0.1, -0.05) is 12.1 Å². The van der Waals surface area contributed by atoms with E-state index in [1.54, 1.807) is 7.11 Å². The van der Waals surface area contributed by atoms with Crippen molar-refractivity contribution < 1.29 is 4.74 Å². The number of hydrogen-bond acceptors (Lipinski definition) is 4. The number of pyridine rings is 1. The summed E-state index contributed by atoms with van der Waals surface area (Å²) in [5, 5.41) is 3.39. The molecular weight excluding hydrogens is 250 g/mol. The summed E-state index contributed by atoms with van der Waals surface area (Å²) in [7, 11) is 5.78. The van der Waals surface area contributed by atoms with Gasteiger partial charge in [-0.3, -0.25) is 4.98 Å². The molecule has 2 aromatic rings. The van der Waals surface area contributed by atoms with E-state index in [1.165, 1.54) is 11.1 Å². The van der Waals surface area contributed by atoms with Crippen molar-refractivity contribution in [1.82, 2.24) is 9.88 Å². The molecule has 0 aliphatic heterocycles. The number of nitrogens with zero attached hydrogens (tertiary/aromatic N) is 2. The largest absolute Gasteiger partial charge is 0.497 e. The van der Waals surface area contributed by atoms with Crippen molar-refractivity contribution in [3.05, 3.63) is 53.9 Å². The Kier molecular flexibility index (Phi) is 4.96. The van der Waals surface area contributed by atoms with Crippen LogP contribution in [0.15, 0.2) is 42.7 Å². The lowest BCUT2D eigenvalue weighted by Crippen LogP contribution is -2.11. The molecule has 4 nitrogen and oxygen atoms in total. The zero-order chi connectivity index (χ0) is 14.4. The van der Waals surface area contributed by atoms with Crippen molar-refractivity contribution in [1.29, 1.82) is 0 Å². The molecule has 0 bridgehead atoms. The first-order chi connectivity index (χ1) is 9.67. The Bertz CT molecular complexity index is 538. The van der Waals surface area contributed by atoms with Crippen molar-refractivity contribution in [3.63, 3.8) is 0 Å². The Morgan fingerprint density at radius 1 is 1.10 bits per heavy atom. The summed E-state index contributed by atoms with van der Waals surface area (Å²) >= 11 is 0. The Hall–Kier alpha value is -2.07. The molecule has 0 spiro atoms. The number of aromatic nitrogens is 1. The highest BCUT2D eigenvalue weighted by molar-refractivity contribution is 5.43. The van der Waals surface area contributed by atoms with Crippen LogP contribution in [0.1, 0.15) is 11.1 Å². The molecule has 106 valence electrons. The first kappa shape index (κ1) is 14.3. The standard InChI is InChI=1S/C16H21N3O/c1-19(2)12-14-8-15(11-17-9-14)18-10-13-4-6-16(20-3)7-5-13/h4-9,11,18H,10,12H2,1-3H3. The average molecular weight is 271 g/mol. The van der Waals surface area contributed by atoms with E-state index >= 15 is 0 Å². The molecule has 0 amide bonds. The molecule has 0 aliphatic rings. The minimum absolute atomic E-state index is 0.775. The van der Waals surface area contributed by atoms with Gasteiger partial charge >= 0.3 is 0 Å². The fourth-order valence-electron chi connectivity index (χ4n) is 1.98. The zero-order valence-electron chi connectivity index (χ0n) is 12.3. The van der Waals surface area contributed by atoms with E-state index in [1.807, 2.05) is 24.5 Å². The highest BCUT2D eigenvalue weighted by Crippen LogP contribution is 2.14. The number of benzene rings is 1. The quantitative estimate of drug-likeness (QED) is 0.876. The highest BCUT2D eigenvalue weighted by Gasteiger charge is 1.99. The van der Waals surface area contributed by atoms with Gasteiger partial charge in [0.25, 0.3) is 0 Å². The topological polar surface area (TPSA) is 37.4 Å². The third-order valence-corrected chi connectivity index (χ3v) is 2.95. The maximum Gasteiger partial charge on any atom is 0.118 e. The fourth-order valence-corrected chi connectivity index (χ4v) is 1.98. The number of anilines is 1. The van der Waals surface area contributed by atoms with E-state index in [0.29, 0.717) is 0 Å². The van der Waals surface area contributed by atoms with Crippen LogP contribution in [0.4, 0.5) is 5.69 Å². The molecule has 20 heavy (non-hydrogen) atoms. The second-order valence-electron chi connectivity index (χ2n) is 5.02. The number of rotatable bonds is 6. The van der Waals surface area contributed by atoms with Gasteiger partial charge in [-0.25, -0.2) is 0 Å². The lowest BCUT2D eigenvalue weighted by atomic mass is 10.2. The van der Waals surface area contributed by atoms with Gasteiger partial charge in [0.15, 0.2) is 0 Å². The summed E-state index contributed by atoms with van der Waals surface area (Å²) in [5.74, 6) is 0.878. The molecule has 0 fully saturated rings. The molecule has 0 radical (unpaired) electrons. The molecule has 1 heterocycles. The minimum Gasteiger partial charge on any atom is -0.497 e. The normalized spacial score (nSPS) is 10.6. The van der Waals surface area contributed by atoms with E-state index in [9.17, 15) is 0 Å². The molecule has 4 heteroatoms. The molecule has 0 saturated carbocycles. The number of ether oxygens (including phenoxy) is 1. The van der Waals surface area contributed by atoms with Gasteiger partial charge in [-0.2, -0.15) is 0 Å². The Labute approximate surface area is 120 Å². The molecule has 2 rings (SSSR count). The monoisotopic (exact) mass is 271 g/mol. The maximum atomic E-state index is 5.15. The molecule has 1 aromatic heterocycles. The van der Waals surface area contributed by atoms with Gasteiger partial charge in [0, 0.05) is 25.5 Å². The van der Waals surface area contributed by atoms with E-state index in [0.717, 1.165) is 24.5 Å². The van der Waals surface area contributed by atoms with Gasteiger partial charge in [-0.05, 0) is 43.4 Å². The van der Waals surface area contributed by atoms with Crippen molar-refractivity contribution in [3.8, 4) is 5.75 Å². The Morgan fingerprint density at radius 2 is 1.85 bits per heavy atom. The predicted molar refractivity (Wildman–Crippen MR) is 81.9 cm³/mol. The molecule has 1 N–H and O–H groups in total. The van der Waals surface area contributed by atoms with Crippen LogP contribution in [-0.2, 0) is 13.1 Å². The summed E-state index contributed by atoms with van der Waals surface area (Å²) in [6.07, 6.45) is 3.75. The van der Waals surface area contributed by atoms with Gasteiger partial charge in [0.1, 0.15) is 5.75 Å². The number of nitrogens with one attached hydrogen (secondary N) is 1. The van der Waals surface area contributed by atoms with Gasteiger partial charge in [0.2, 0.25) is 0 Å². The van der Waals surface area contributed by atoms with Gasteiger partial charge < -0.3 is 15.0 Å².